The summed E-state index contributed by atoms with van der Waals surface area (Å²) in [7, 11) is 0. The number of carbonyl (C=O) groups is 2. The molecule has 0 aliphatic heterocycles. The van der Waals surface area contributed by atoms with Gasteiger partial charge in [-0.25, -0.2) is 14.4 Å². The smallest absolute Gasteiger partial charge is 0.408 e. The van der Waals surface area contributed by atoms with Crippen LogP contribution in [-0.2, 0) is 22.4 Å². The van der Waals surface area contributed by atoms with Crippen molar-refractivity contribution >= 4 is 23.0 Å². The van der Waals surface area contributed by atoms with Gasteiger partial charge in [-0.3, -0.25) is 0 Å². The summed E-state index contributed by atoms with van der Waals surface area (Å²) in [5.41, 5.74) is 1.56. The number of carbonyl (C=O) groups excluding carboxylic acids is 2. The number of esters is 1. The zero-order valence-corrected chi connectivity index (χ0v) is 20.3. The lowest BCUT2D eigenvalue weighted by atomic mass is 10.0. The van der Waals surface area contributed by atoms with Gasteiger partial charge in [-0.05, 0) is 62.9 Å². The fourth-order valence-electron chi connectivity index (χ4n) is 3.69. The molecule has 7 nitrogen and oxygen atoms in total. The second-order valence-corrected chi connectivity index (χ2v) is 9.29. The zero-order valence-electron chi connectivity index (χ0n) is 20.3. The first kappa shape index (κ1) is 25.0. The van der Waals surface area contributed by atoms with Gasteiger partial charge < -0.3 is 19.2 Å². The Kier molecular flexibility index (Phi) is 7.76. The number of amides is 1. The van der Waals surface area contributed by atoms with E-state index in [4.69, 9.17) is 13.9 Å². The molecule has 180 valence electrons. The van der Waals surface area contributed by atoms with Gasteiger partial charge in [-0.1, -0.05) is 43.7 Å². The van der Waals surface area contributed by atoms with Crippen LogP contribution in [0.15, 0.2) is 57.7 Å². The highest BCUT2D eigenvalue weighted by atomic mass is 16.6. The van der Waals surface area contributed by atoms with Crippen molar-refractivity contribution in [3.05, 3.63) is 75.6 Å². The third-order valence-electron chi connectivity index (χ3n) is 5.02. The zero-order chi connectivity index (χ0) is 24.9. The van der Waals surface area contributed by atoms with E-state index in [0.717, 1.165) is 23.1 Å². The fraction of sp³-hybridized carbons (Fsp3) is 0.370. The van der Waals surface area contributed by atoms with E-state index >= 15 is 0 Å². The van der Waals surface area contributed by atoms with Gasteiger partial charge in [0.2, 0.25) is 0 Å². The molecule has 1 aromatic heterocycles. The molecule has 0 saturated heterocycles. The summed E-state index contributed by atoms with van der Waals surface area (Å²) in [4.78, 5) is 37.8. The Morgan fingerprint density at radius 1 is 1.09 bits per heavy atom. The van der Waals surface area contributed by atoms with Crippen LogP contribution in [0, 0.1) is 6.92 Å². The summed E-state index contributed by atoms with van der Waals surface area (Å²) in [6.07, 6.45) is 0.937. The average Bonchev–Trinajstić information content (AvgIpc) is 2.72. The molecule has 0 unspecified atom stereocenters. The molecule has 1 heterocycles. The first-order chi connectivity index (χ1) is 16.1. The van der Waals surface area contributed by atoms with Gasteiger partial charge in [0.15, 0.2) is 0 Å². The summed E-state index contributed by atoms with van der Waals surface area (Å²) in [6.45, 7) is 9.07. The van der Waals surface area contributed by atoms with Gasteiger partial charge >= 0.3 is 17.7 Å². The van der Waals surface area contributed by atoms with Crippen molar-refractivity contribution in [1.29, 1.82) is 0 Å². The quantitative estimate of drug-likeness (QED) is 0.297. The van der Waals surface area contributed by atoms with E-state index in [0.29, 0.717) is 17.4 Å². The van der Waals surface area contributed by atoms with E-state index in [1.54, 1.807) is 32.9 Å². The van der Waals surface area contributed by atoms with Crippen LogP contribution >= 0.6 is 0 Å². The molecular weight excluding hydrogens is 434 g/mol. The first-order valence-corrected chi connectivity index (χ1v) is 11.4. The first-order valence-electron chi connectivity index (χ1n) is 11.4. The lowest BCUT2D eigenvalue weighted by Crippen LogP contribution is -2.46. The largest absolute Gasteiger partial charge is 0.444 e. The maximum atomic E-state index is 13.3. The third-order valence-corrected chi connectivity index (χ3v) is 5.02. The van der Waals surface area contributed by atoms with E-state index in [9.17, 15) is 14.4 Å². The molecule has 0 spiro atoms. The van der Waals surface area contributed by atoms with Crippen molar-refractivity contribution in [3.8, 4) is 5.75 Å². The Labute approximate surface area is 199 Å². The minimum absolute atomic E-state index is 0.222. The predicted octanol–water partition coefficient (Wildman–Crippen LogP) is 5.10. The van der Waals surface area contributed by atoms with Crippen molar-refractivity contribution in [3.63, 3.8) is 0 Å². The normalized spacial score (nSPS) is 12.3. The molecule has 0 radical (unpaired) electrons. The van der Waals surface area contributed by atoms with Crippen LogP contribution in [0.25, 0.3) is 11.0 Å². The summed E-state index contributed by atoms with van der Waals surface area (Å²) in [6, 6.07) is 13.2. The SMILES string of the molecule is CCCc1cc(=O)oc2cc(C)cc(OC(=O)[C@H](Cc3ccccc3)NC(=O)OC(C)(C)C)c12. The van der Waals surface area contributed by atoms with Crippen LogP contribution in [-0.4, -0.2) is 23.7 Å². The highest BCUT2D eigenvalue weighted by Crippen LogP contribution is 2.31. The van der Waals surface area contributed by atoms with Gasteiger partial charge in [-0.2, -0.15) is 0 Å². The van der Waals surface area contributed by atoms with Crippen molar-refractivity contribution in [2.24, 2.45) is 0 Å². The van der Waals surface area contributed by atoms with Crippen LogP contribution in [0.3, 0.4) is 0 Å². The van der Waals surface area contributed by atoms with E-state index < -0.39 is 29.3 Å². The Balaban J connectivity index is 1.96. The summed E-state index contributed by atoms with van der Waals surface area (Å²) in [5.74, 6) is -0.355. The summed E-state index contributed by atoms with van der Waals surface area (Å²) in [5, 5.41) is 3.22. The van der Waals surface area contributed by atoms with Gasteiger partial charge in [0, 0.05) is 12.5 Å². The molecular formula is C27H31NO6. The minimum Gasteiger partial charge on any atom is -0.444 e. The van der Waals surface area contributed by atoms with E-state index in [1.807, 2.05) is 44.2 Å². The van der Waals surface area contributed by atoms with E-state index in [-0.39, 0.29) is 12.2 Å². The van der Waals surface area contributed by atoms with Crippen LogP contribution < -0.4 is 15.7 Å². The molecule has 3 rings (SSSR count). The lowest BCUT2D eigenvalue weighted by Gasteiger charge is -2.23. The molecule has 1 amide bonds. The fourth-order valence-corrected chi connectivity index (χ4v) is 3.69. The maximum absolute atomic E-state index is 13.3. The predicted molar refractivity (Wildman–Crippen MR) is 130 cm³/mol. The van der Waals surface area contributed by atoms with Crippen LogP contribution in [0.5, 0.6) is 5.75 Å². The number of fused-ring (bicyclic) bond motifs is 1. The molecule has 0 bridgehead atoms. The van der Waals surface area contributed by atoms with Gasteiger partial charge in [0.05, 0.1) is 5.39 Å². The van der Waals surface area contributed by atoms with Crippen molar-refractivity contribution in [2.75, 3.05) is 0 Å². The number of hydrogen-bond donors (Lipinski definition) is 1. The number of ether oxygens (including phenoxy) is 2. The summed E-state index contributed by atoms with van der Waals surface area (Å²) < 4.78 is 16.6. The lowest BCUT2D eigenvalue weighted by molar-refractivity contribution is -0.136. The Morgan fingerprint density at radius 2 is 1.79 bits per heavy atom. The summed E-state index contributed by atoms with van der Waals surface area (Å²) >= 11 is 0. The van der Waals surface area contributed by atoms with Crippen molar-refractivity contribution in [2.45, 2.75) is 65.5 Å². The number of rotatable bonds is 7. The number of benzene rings is 2. The second-order valence-electron chi connectivity index (χ2n) is 9.29. The van der Waals surface area contributed by atoms with Crippen LogP contribution in [0.1, 0.15) is 50.8 Å². The Hall–Kier alpha value is -3.61. The monoisotopic (exact) mass is 465 g/mol. The standard InChI is InChI=1S/C27H31NO6/c1-6-10-19-16-23(29)32-21-13-17(2)14-22(24(19)21)33-25(30)20(15-18-11-8-7-9-12-18)28-26(31)34-27(3,4)5/h7-9,11-14,16,20H,6,10,15H2,1-5H3,(H,28,31)/t20-/m0/s1. The average molecular weight is 466 g/mol. The molecule has 2 aromatic carbocycles. The molecule has 0 aliphatic carbocycles. The molecule has 1 atom stereocenters. The number of aryl methyl sites for hydroxylation is 2. The topological polar surface area (TPSA) is 94.8 Å². The number of nitrogens with one attached hydrogen (secondary N) is 1. The highest BCUT2D eigenvalue weighted by molar-refractivity contribution is 5.91. The molecule has 7 heteroatoms. The maximum Gasteiger partial charge on any atom is 0.408 e. The minimum atomic E-state index is -0.988. The van der Waals surface area contributed by atoms with Gasteiger partial charge in [0.1, 0.15) is 23.0 Å². The molecule has 0 aliphatic rings. The molecule has 3 aromatic rings. The molecule has 0 fully saturated rings. The highest BCUT2D eigenvalue weighted by Gasteiger charge is 2.27. The molecule has 0 saturated carbocycles. The van der Waals surface area contributed by atoms with E-state index in [1.165, 1.54) is 6.07 Å². The molecule has 1 N–H and O–H groups in total. The third kappa shape index (κ3) is 6.70. The van der Waals surface area contributed by atoms with Gasteiger partial charge in [0.25, 0.3) is 0 Å². The Bertz CT molecular complexity index is 1220. The van der Waals surface area contributed by atoms with E-state index in [2.05, 4.69) is 5.32 Å². The van der Waals surface area contributed by atoms with Gasteiger partial charge in [-0.15, -0.1) is 0 Å². The molecule has 34 heavy (non-hydrogen) atoms. The Morgan fingerprint density at radius 3 is 2.44 bits per heavy atom. The van der Waals surface area contributed by atoms with Crippen molar-refractivity contribution < 1.29 is 23.5 Å². The van der Waals surface area contributed by atoms with Crippen LogP contribution in [0.4, 0.5) is 4.79 Å². The number of alkyl carbamates (subject to hydrolysis) is 1. The second kappa shape index (κ2) is 10.5. The van der Waals surface area contributed by atoms with Crippen molar-refractivity contribution in [1.82, 2.24) is 5.32 Å². The van der Waals surface area contributed by atoms with Crippen LogP contribution in [0.2, 0.25) is 0 Å². The number of hydrogen-bond acceptors (Lipinski definition) is 6.